The number of nitrogens with zero attached hydrogens (tertiary/aromatic N) is 1. The van der Waals surface area contributed by atoms with Crippen molar-refractivity contribution in [2.24, 2.45) is 0 Å². The van der Waals surface area contributed by atoms with E-state index in [0.717, 1.165) is 17.1 Å². The summed E-state index contributed by atoms with van der Waals surface area (Å²) in [5, 5.41) is 0. The van der Waals surface area contributed by atoms with Crippen molar-refractivity contribution in [3.8, 4) is 89.0 Å². The Balaban J connectivity index is 0.837. The van der Waals surface area contributed by atoms with E-state index >= 15 is 0 Å². The third kappa shape index (κ3) is 7.20. The largest absolute Gasteiger partial charge is 0.310 e. The molecular weight excluding hydrogens is 915 g/mol. The molecule has 0 fully saturated rings. The van der Waals surface area contributed by atoms with Crippen LogP contribution in [0.5, 0.6) is 0 Å². The lowest BCUT2D eigenvalue weighted by Gasteiger charge is -2.30. The summed E-state index contributed by atoms with van der Waals surface area (Å²) < 4.78 is 0. The van der Waals surface area contributed by atoms with E-state index in [-0.39, 0.29) is 16.2 Å². The predicted octanol–water partition coefficient (Wildman–Crippen LogP) is 20.4. The van der Waals surface area contributed by atoms with E-state index in [4.69, 9.17) is 0 Å². The first kappa shape index (κ1) is 45.8. The van der Waals surface area contributed by atoms with Gasteiger partial charge in [0.2, 0.25) is 0 Å². The number of benzene rings is 11. The maximum atomic E-state index is 2.49. The van der Waals surface area contributed by atoms with Gasteiger partial charge in [0.05, 0.1) is 0 Å². The van der Waals surface area contributed by atoms with Crippen LogP contribution in [-0.2, 0) is 16.2 Å². The van der Waals surface area contributed by atoms with Crippen molar-refractivity contribution >= 4 is 17.1 Å². The Morgan fingerprint density at radius 3 is 0.842 bits per heavy atom. The summed E-state index contributed by atoms with van der Waals surface area (Å²) in [6.07, 6.45) is 0. The highest BCUT2D eigenvalue weighted by atomic mass is 15.1. The molecule has 364 valence electrons. The average Bonchev–Trinajstić information content (AvgIpc) is 4.02. The molecule has 1 heteroatoms. The van der Waals surface area contributed by atoms with Crippen LogP contribution >= 0.6 is 0 Å². The summed E-state index contributed by atoms with van der Waals surface area (Å²) in [5.74, 6) is 0. The van der Waals surface area contributed by atoms with Crippen molar-refractivity contribution in [1.82, 2.24) is 0 Å². The van der Waals surface area contributed by atoms with Gasteiger partial charge in [-0.3, -0.25) is 0 Å². The Morgan fingerprint density at radius 2 is 0.447 bits per heavy atom. The minimum absolute atomic E-state index is 0.0634. The van der Waals surface area contributed by atoms with E-state index in [0.29, 0.717) is 0 Å². The number of fused-ring (bicyclic) bond motifs is 9. The zero-order chi connectivity index (χ0) is 51.5. The zero-order valence-corrected chi connectivity index (χ0v) is 44.1. The molecule has 0 aliphatic heterocycles. The molecular formula is C75H59N. The molecule has 0 radical (unpaired) electrons. The Bertz CT molecular complexity index is 3890. The minimum Gasteiger partial charge on any atom is -0.310 e. The van der Waals surface area contributed by atoms with Gasteiger partial charge in [0, 0.05) is 33.3 Å². The van der Waals surface area contributed by atoms with Crippen molar-refractivity contribution in [2.45, 2.75) is 57.8 Å². The normalized spacial score (nSPS) is 14.5. The molecule has 3 aliphatic carbocycles. The van der Waals surface area contributed by atoms with Gasteiger partial charge in [-0.05, 0) is 177 Å². The summed E-state index contributed by atoms with van der Waals surface area (Å²) in [4.78, 5) is 2.49. The van der Waals surface area contributed by atoms with Crippen molar-refractivity contribution in [2.75, 3.05) is 4.90 Å². The molecule has 11 aromatic rings. The van der Waals surface area contributed by atoms with Crippen LogP contribution in [0.2, 0.25) is 0 Å². The Kier molecular flexibility index (Phi) is 10.3. The SMILES string of the molecule is CC1(C)c2ccccc2-c2ccc(-c3ccc(N(c4ccc5c(c4)C(C)(C)c4cc(-c6ccc(-c7ccccc7)cc6)ccc4-5)c4ccc5c(c4)C(C)(C)c4cc(-c6ccc(-c7ccccc7)cc6)ccc4-5)cc3)cc21. The van der Waals surface area contributed by atoms with Crippen molar-refractivity contribution in [3.05, 3.63) is 282 Å². The molecule has 3 aliphatic rings. The maximum absolute atomic E-state index is 2.49. The summed E-state index contributed by atoms with van der Waals surface area (Å²) in [7, 11) is 0. The number of hydrogen-bond acceptors (Lipinski definition) is 1. The van der Waals surface area contributed by atoms with E-state index in [9.17, 15) is 0 Å². The molecule has 0 N–H and O–H groups in total. The monoisotopic (exact) mass is 973 g/mol. The first-order chi connectivity index (χ1) is 36.9. The van der Waals surface area contributed by atoms with Crippen LogP contribution < -0.4 is 4.90 Å². The van der Waals surface area contributed by atoms with Crippen LogP contribution in [0, 0.1) is 0 Å². The second kappa shape index (κ2) is 17.1. The fraction of sp³-hybridized carbons (Fsp3) is 0.120. The van der Waals surface area contributed by atoms with Crippen molar-refractivity contribution in [3.63, 3.8) is 0 Å². The maximum Gasteiger partial charge on any atom is 0.0465 e. The number of anilines is 3. The van der Waals surface area contributed by atoms with Gasteiger partial charge >= 0.3 is 0 Å². The molecule has 0 saturated heterocycles. The molecule has 0 unspecified atom stereocenters. The zero-order valence-electron chi connectivity index (χ0n) is 44.1. The second-order valence-corrected chi connectivity index (χ2v) is 22.9. The molecule has 14 rings (SSSR count). The van der Waals surface area contributed by atoms with E-state index in [1.54, 1.807) is 0 Å². The molecule has 11 aromatic carbocycles. The van der Waals surface area contributed by atoms with Crippen LogP contribution in [0.4, 0.5) is 17.1 Å². The van der Waals surface area contributed by atoms with Gasteiger partial charge in [0.15, 0.2) is 0 Å². The van der Waals surface area contributed by atoms with Gasteiger partial charge in [-0.2, -0.15) is 0 Å². The van der Waals surface area contributed by atoms with E-state index in [1.807, 2.05) is 0 Å². The highest BCUT2D eigenvalue weighted by Gasteiger charge is 2.39. The van der Waals surface area contributed by atoms with Gasteiger partial charge in [0.1, 0.15) is 0 Å². The number of rotatable bonds is 8. The molecule has 1 nitrogen and oxygen atoms in total. The lowest BCUT2D eigenvalue weighted by atomic mass is 9.81. The van der Waals surface area contributed by atoms with Crippen LogP contribution in [0.15, 0.2) is 249 Å². The summed E-state index contributed by atoms with van der Waals surface area (Å²) in [6, 6.07) is 93.2. The van der Waals surface area contributed by atoms with Gasteiger partial charge < -0.3 is 4.90 Å². The first-order valence-corrected chi connectivity index (χ1v) is 27.0. The minimum atomic E-state index is -0.224. The standard InChI is InChI=1S/C75H59N/c1-73(2)67-20-14-13-19-61(67)62-38-31-57(43-68(62)73)54-29-34-58(35-30-54)76(59-36-41-65-63-39-32-55(44-69(63)74(3,4)71(65)46-59)52-25-21-50(22-26-52)48-15-9-7-10-16-48)60-37-42-66-64-40-33-56(45-70(64)75(5,6)72(66)47-60)53-27-23-51(24-28-53)49-17-11-8-12-18-49/h7-47H,1-6H3. The van der Waals surface area contributed by atoms with E-state index < -0.39 is 0 Å². The third-order valence-corrected chi connectivity index (χ3v) is 17.5. The smallest absolute Gasteiger partial charge is 0.0465 e. The second-order valence-electron chi connectivity index (χ2n) is 22.9. The molecule has 0 atom stereocenters. The van der Waals surface area contributed by atoms with Gasteiger partial charge in [-0.15, -0.1) is 0 Å². The molecule has 76 heavy (non-hydrogen) atoms. The lowest BCUT2D eigenvalue weighted by molar-refractivity contribution is 0.660. The first-order valence-electron chi connectivity index (χ1n) is 27.0. The molecule has 0 amide bonds. The van der Waals surface area contributed by atoms with Crippen molar-refractivity contribution in [1.29, 1.82) is 0 Å². The molecule has 0 saturated carbocycles. The lowest BCUT2D eigenvalue weighted by Crippen LogP contribution is -2.18. The van der Waals surface area contributed by atoms with Gasteiger partial charge in [-0.1, -0.05) is 236 Å². The summed E-state index contributed by atoms with van der Waals surface area (Å²) in [6.45, 7) is 14.3. The average molecular weight is 974 g/mol. The van der Waals surface area contributed by atoms with Crippen LogP contribution in [0.3, 0.4) is 0 Å². The topological polar surface area (TPSA) is 3.24 Å². The quantitative estimate of drug-likeness (QED) is 0.147. The third-order valence-electron chi connectivity index (χ3n) is 17.5. The molecule has 0 bridgehead atoms. The van der Waals surface area contributed by atoms with E-state index in [2.05, 4.69) is 295 Å². The summed E-state index contributed by atoms with van der Waals surface area (Å²) >= 11 is 0. The Labute approximate surface area is 448 Å². The number of hydrogen-bond donors (Lipinski definition) is 0. The predicted molar refractivity (Wildman–Crippen MR) is 321 cm³/mol. The van der Waals surface area contributed by atoms with E-state index in [1.165, 1.54) is 122 Å². The Hall–Kier alpha value is -8.78. The highest BCUT2D eigenvalue weighted by Crippen LogP contribution is 2.55. The molecule has 0 spiro atoms. The van der Waals surface area contributed by atoms with Gasteiger partial charge in [0.25, 0.3) is 0 Å². The van der Waals surface area contributed by atoms with Crippen LogP contribution in [0.25, 0.3) is 89.0 Å². The molecule has 0 heterocycles. The van der Waals surface area contributed by atoms with Crippen LogP contribution in [-0.4, -0.2) is 0 Å². The van der Waals surface area contributed by atoms with Crippen molar-refractivity contribution < 1.29 is 0 Å². The Morgan fingerprint density at radius 1 is 0.197 bits per heavy atom. The highest BCUT2D eigenvalue weighted by molar-refractivity contribution is 5.91. The molecule has 0 aromatic heterocycles. The fourth-order valence-corrected chi connectivity index (χ4v) is 13.2. The summed E-state index contributed by atoms with van der Waals surface area (Å²) in [5.41, 5.74) is 31.4. The van der Waals surface area contributed by atoms with Gasteiger partial charge in [-0.25, -0.2) is 0 Å². The fourth-order valence-electron chi connectivity index (χ4n) is 13.2. The van der Waals surface area contributed by atoms with Crippen LogP contribution in [0.1, 0.15) is 74.9 Å².